The van der Waals surface area contributed by atoms with Crippen LogP contribution in [0.3, 0.4) is 0 Å². The van der Waals surface area contributed by atoms with Crippen LogP contribution in [-0.2, 0) is 6.42 Å². The Morgan fingerprint density at radius 2 is 1.12 bits per heavy atom. The van der Waals surface area contributed by atoms with E-state index in [2.05, 4.69) is 41.3 Å². The molecule has 3 nitrogen and oxygen atoms in total. The van der Waals surface area contributed by atoms with Gasteiger partial charge in [-0.25, -0.2) is 0 Å². The third-order valence-electron chi connectivity index (χ3n) is 4.29. The van der Waals surface area contributed by atoms with Crippen molar-refractivity contribution in [3.05, 3.63) is 90.5 Å². The standard InChI is InChI=1S/C22H23NO2/c24-16-18(17-25)15-19-9-7-8-14-22(19)23(20-10-3-1-4-11-20)21-12-5-2-6-13-21/h1-14,18,24-25H,15-17H2. The Kier molecular flexibility index (Phi) is 5.83. The molecule has 0 spiro atoms. The van der Waals surface area contributed by atoms with E-state index < -0.39 is 0 Å². The Morgan fingerprint density at radius 3 is 1.64 bits per heavy atom. The monoisotopic (exact) mass is 333 g/mol. The van der Waals surface area contributed by atoms with E-state index in [4.69, 9.17) is 0 Å². The highest BCUT2D eigenvalue weighted by Crippen LogP contribution is 2.36. The van der Waals surface area contributed by atoms with E-state index >= 15 is 0 Å². The van der Waals surface area contributed by atoms with Crippen molar-refractivity contribution < 1.29 is 10.2 Å². The number of para-hydroxylation sites is 3. The molecule has 0 radical (unpaired) electrons. The van der Waals surface area contributed by atoms with E-state index in [1.807, 2.05) is 48.5 Å². The van der Waals surface area contributed by atoms with Gasteiger partial charge in [0.25, 0.3) is 0 Å². The van der Waals surface area contributed by atoms with Crippen molar-refractivity contribution in [2.24, 2.45) is 5.92 Å². The molecule has 25 heavy (non-hydrogen) atoms. The zero-order valence-corrected chi connectivity index (χ0v) is 14.1. The zero-order valence-electron chi connectivity index (χ0n) is 14.1. The van der Waals surface area contributed by atoms with Crippen molar-refractivity contribution in [2.45, 2.75) is 6.42 Å². The van der Waals surface area contributed by atoms with Crippen LogP contribution in [0.4, 0.5) is 17.1 Å². The lowest BCUT2D eigenvalue weighted by molar-refractivity contribution is 0.150. The topological polar surface area (TPSA) is 43.7 Å². The van der Waals surface area contributed by atoms with E-state index in [9.17, 15) is 10.2 Å². The van der Waals surface area contributed by atoms with E-state index in [0.717, 1.165) is 22.6 Å². The maximum absolute atomic E-state index is 9.48. The molecule has 0 saturated heterocycles. The molecule has 3 aromatic rings. The molecule has 0 saturated carbocycles. The van der Waals surface area contributed by atoms with Gasteiger partial charge in [-0.2, -0.15) is 0 Å². The third-order valence-corrected chi connectivity index (χ3v) is 4.29. The fourth-order valence-electron chi connectivity index (χ4n) is 2.98. The molecule has 2 N–H and O–H groups in total. The highest BCUT2D eigenvalue weighted by Gasteiger charge is 2.17. The second-order valence-electron chi connectivity index (χ2n) is 6.07. The van der Waals surface area contributed by atoms with Crippen molar-refractivity contribution in [2.75, 3.05) is 18.1 Å². The number of hydrogen-bond donors (Lipinski definition) is 2. The Labute approximate surface area is 148 Å². The first-order valence-corrected chi connectivity index (χ1v) is 8.53. The quantitative estimate of drug-likeness (QED) is 0.677. The number of anilines is 3. The first-order chi connectivity index (χ1) is 12.3. The second-order valence-corrected chi connectivity index (χ2v) is 6.07. The molecule has 0 fully saturated rings. The Bertz CT molecular complexity index is 731. The predicted octanol–water partition coefficient (Wildman–Crippen LogP) is 4.30. The first kappa shape index (κ1) is 17.2. The van der Waals surface area contributed by atoms with Crippen LogP contribution >= 0.6 is 0 Å². The molecule has 0 bridgehead atoms. The first-order valence-electron chi connectivity index (χ1n) is 8.53. The second kappa shape index (κ2) is 8.47. The molecule has 128 valence electrons. The fraction of sp³-hybridized carbons (Fsp3) is 0.182. The van der Waals surface area contributed by atoms with Crippen molar-refractivity contribution >= 4 is 17.1 Å². The van der Waals surface area contributed by atoms with E-state index in [1.54, 1.807) is 0 Å². The van der Waals surface area contributed by atoms with Crippen molar-refractivity contribution in [1.29, 1.82) is 0 Å². The van der Waals surface area contributed by atoms with Gasteiger partial charge in [0.05, 0.1) is 0 Å². The molecule has 3 rings (SSSR count). The van der Waals surface area contributed by atoms with Crippen molar-refractivity contribution in [3.8, 4) is 0 Å². The normalized spacial score (nSPS) is 10.8. The molecule has 0 aromatic heterocycles. The van der Waals surface area contributed by atoms with Crippen LogP contribution in [0.2, 0.25) is 0 Å². The van der Waals surface area contributed by atoms with Gasteiger partial charge in [0.2, 0.25) is 0 Å². The summed E-state index contributed by atoms with van der Waals surface area (Å²) in [6.45, 7) is -0.0526. The minimum absolute atomic E-state index is 0.0263. The molecular formula is C22H23NO2. The Hall–Kier alpha value is -2.62. The lowest BCUT2D eigenvalue weighted by atomic mass is 9.98. The van der Waals surface area contributed by atoms with E-state index in [1.165, 1.54) is 0 Å². The average Bonchev–Trinajstić information content (AvgIpc) is 2.69. The fourth-order valence-corrected chi connectivity index (χ4v) is 2.98. The molecule has 3 aromatic carbocycles. The number of aliphatic hydroxyl groups is 2. The van der Waals surface area contributed by atoms with Gasteiger partial charge in [-0.15, -0.1) is 0 Å². The number of hydrogen-bond acceptors (Lipinski definition) is 3. The van der Waals surface area contributed by atoms with Crippen LogP contribution in [-0.4, -0.2) is 23.4 Å². The summed E-state index contributed by atoms with van der Waals surface area (Å²) >= 11 is 0. The van der Waals surface area contributed by atoms with Crippen LogP contribution in [0, 0.1) is 5.92 Å². The number of rotatable bonds is 7. The molecule has 0 amide bonds. The summed E-state index contributed by atoms with van der Waals surface area (Å²) < 4.78 is 0. The van der Waals surface area contributed by atoms with Crippen LogP contribution < -0.4 is 4.90 Å². The Morgan fingerprint density at radius 1 is 0.640 bits per heavy atom. The van der Waals surface area contributed by atoms with Gasteiger partial charge in [-0.1, -0.05) is 54.6 Å². The highest BCUT2D eigenvalue weighted by atomic mass is 16.3. The van der Waals surface area contributed by atoms with E-state index in [-0.39, 0.29) is 19.1 Å². The molecule has 0 aliphatic carbocycles. The third kappa shape index (κ3) is 4.08. The highest BCUT2D eigenvalue weighted by molar-refractivity contribution is 5.78. The summed E-state index contributed by atoms with van der Waals surface area (Å²) in [4.78, 5) is 2.21. The summed E-state index contributed by atoms with van der Waals surface area (Å²) in [6, 6.07) is 28.6. The van der Waals surface area contributed by atoms with Gasteiger partial charge in [-0.3, -0.25) is 0 Å². The van der Waals surface area contributed by atoms with Gasteiger partial charge in [0.1, 0.15) is 0 Å². The molecule has 0 aliphatic heterocycles. The summed E-state index contributed by atoms with van der Waals surface area (Å²) in [7, 11) is 0. The molecule has 0 unspecified atom stereocenters. The Balaban J connectivity index is 2.08. The predicted molar refractivity (Wildman–Crippen MR) is 102 cm³/mol. The molecule has 0 atom stereocenters. The van der Waals surface area contributed by atoms with Gasteiger partial charge in [0, 0.05) is 36.2 Å². The van der Waals surface area contributed by atoms with Crippen LogP contribution in [0.15, 0.2) is 84.9 Å². The van der Waals surface area contributed by atoms with Crippen LogP contribution in [0.25, 0.3) is 0 Å². The average molecular weight is 333 g/mol. The molecular weight excluding hydrogens is 310 g/mol. The van der Waals surface area contributed by atoms with Crippen molar-refractivity contribution in [1.82, 2.24) is 0 Å². The summed E-state index contributed by atoms with van der Waals surface area (Å²) in [5.41, 5.74) is 4.31. The minimum atomic E-state index is -0.158. The maximum Gasteiger partial charge on any atom is 0.0493 e. The van der Waals surface area contributed by atoms with Gasteiger partial charge < -0.3 is 15.1 Å². The van der Waals surface area contributed by atoms with Crippen LogP contribution in [0.1, 0.15) is 5.56 Å². The molecule has 0 aliphatic rings. The lowest BCUT2D eigenvalue weighted by Gasteiger charge is -2.28. The largest absolute Gasteiger partial charge is 0.396 e. The number of aliphatic hydroxyl groups excluding tert-OH is 2. The summed E-state index contributed by atoms with van der Waals surface area (Å²) in [5, 5.41) is 19.0. The van der Waals surface area contributed by atoms with Gasteiger partial charge >= 0.3 is 0 Å². The maximum atomic E-state index is 9.48. The molecule has 3 heteroatoms. The summed E-state index contributed by atoms with van der Waals surface area (Å²) in [5.74, 6) is -0.158. The lowest BCUT2D eigenvalue weighted by Crippen LogP contribution is -2.17. The zero-order chi connectivity index (χ0) is 17.5. The number of benzene rings is 3. The summed E-state index contributed by atoms with van der Waals surface area (Å²) in [6.07, 6.45) is 0.624. The SMILES string of the molecule is OCC(CO)Cc1ccccc1N(c1ccccc1)c1ccccc1. The van der Waals surface area contributed by atoms with E-state index in [0.29, 0.717) is 6.42 Å². The van der Waals surface area contributed by atoms with Gasteiger partial charge in [0.15, 0.2) is 0 Å². The smallest absolute Gasteiger partial charge is 0.0493 e. The number of nitrogens with zero attached hydrogens (tertiary/aromatic N) is 1. The van der Waals surface area contributed by atoms with Crippen LogP contribution in [0.5, 0.6) is 0 Å². The van der Waals surface area contributed by atoms with Gasteiger partial charge in [-0.05, 0) is 42.3 Å². The van der Waals surface area contributed by atoms with Crippen molar-refractivity contribution in [3.63, 3.8) is 0 Å². The minimum Gasteiger partial charge on any atom is -0.396 e. The molecule has 0 heterocycles.